The summed E-state index contributed by atoms with van der Waals surface area (Å²) in [6.45, 7) is 4.95. The first-order valence-electron chi connectivity index (χ1n) is 6.76. The average molecular weight is 274 g/mol. The Hall–Kier alpha value is -1.62. The maximum absolute atomic E-state index is 5.26. The van der Waals surface area contributed by atoms with Gasteiger partial charge in [0.1, 0.15) is 0 Å². The summed E-state index contributed by atoms with van der Waals surface area (Å²) in [5, 5.41) is 7.29. The largest absolute Gasteiger partial charge is 0.340 e. The van der Waals surface area contributed by atoms with E-state index in [1.54, 1.807) is 0 Å². The van der Waals surface area contributed by atoms with Crippen LogP contribution >= 0.6 is 12.2 Å². The zero-order valence-corrected chi connectivity index (χ0v) is 11.9. The summed E-state index contributed by atoms with van der Waals surface area (Å²) in [6, 6.07) is 8.71. The molecule has 4 nitrogen and oxygen atoms in total. The lowest BCUT2D eigenvalue weighted by Gasteiger charge is -2.21. The summed E-state index contributed by atoms with van der Waals surface area (Å²) in [5.74, 6) is 0.973. The van der Waals surface area contributed by atoms with E-state index in [0.29, 0.717) is 4.77 Å². The zero-order valence-electron chi connectivity index (χ0n) is 11.1. The summed E-state index contributed by atoms with van der Waals surface area (Å²) < 4.78 is 2.77. The predicted octanol–water partition coefficient (Wildman–Crippen LogP) is 2.57. The molecule has 1 aromatic heterocycles. The van der Waals surface area contributed by atoms with Gasteiger partial charge in [-0.25, -0.2) is 5.10 Å². The molecule has 2 heterocycles. The maximum Gasteiger partial charge on any atom is 0.225 e. The topological polar surface area (TPSA) is 36.9 Å². The number of aromatic nitrogens is 3. The molecule has 0 fully saturated rings. The molecule has 100 valence electrons. The lowest BCUT2D eigenvalue weighted by molar-refractivity contribution is 0.690. The van der Waals surface area contributed by atoms with Gasteiger partial charge in [0, 0.05) is 19.6 Å². The Bertz CT molecular complexity index is 601. The Morgan fingerprint density at radius 1 is 1.21 bits per heavy atom. The molecule has 0 aliphatic carbocycles. The van der Waals surface area contributed by atoms with Crippen molar-refractivity contribution >= 4 is 18.2 Å². The summed E-state index contributed by atoms with van der Waals surface area (Å²) in [6.07, 6.45) is 2.14. The van der Waals surface area contributed by atoms with Gasteiger partial charge in [0.2, 0.25) is 5.95 Å². The second-order valence-electron chi connectivity index (χ2n) is 4.83. The van der Waals surface area contributed by atoms with Crippen LogP contribution in [-0.4, -0.2) is 27.9 Å². The molecule has 1 aromatic carbocycles. The van der Waals surface area contributed by atoms with Crippen LogP contribution in [0.2, 0.25) is 0 Å². The van der Waals surface area contributed by atoms with Crippen molar-refractivity contribution in [3.8, 4) is 0 Å². The molecule has 1 N–H and O–H groups in total. The van der Waals surface area contributed by atoms with Crippen LogP contribution in [0.3, 0.4) is 0 Å². The Kier molecular flexibility index (Phi) is 3.38. The predicted molar refractivity (Wildman–Crippen MR) is 79.1 cm³/mol. The van der Waals surface area contributed by atoms with Crippen molar-refractivity contribution in [2.75, 3.05) is 18.0 Å². The van der Waals surface area contributed by atoms with Gasteiger partial charge in [0.15, 0.2) is 4.77 Å². The first kappa shape index (κ1) is 12.4. The second-order valence-corrected chi connectivity index (χ2v) is 5.22. The summed E-state index contributed by atoms with van der Waals surface area (Å²) in [4.78, 5) is 2.33. The molecule has 0 amide bonds. The van der Waals surface area contributed by atoms with Crippen molar-refractivity contribution < 1.29 is 0 Å². The third kappa shape index (κ3) is 2.30. The first-order valence-corrected chi connectivity index (χ1v) is 7.17. The van der Waals surface area contributed by atoms with Crippen molar-refractivity contribution in [3.63, 3.8) is 0 Å². The summed E-state index contributed by atoms with van der Waals surface area (Å²) in [5.41, 5.74) is 2.92. The van der Waals surface area contributed by atoms with Crippen LogP contribution in [0.4, 0.5) is 5.95 Å². The lowest BCUT2D eigenvalue weighted by Crippen LogP contribution is -2.29. The van der Waals surface area contributed by atoms with Crippen LogP contribution in [-0.2, 0) is 19.4 Å². The highest BCUT2D eigenvalue weighted by Gasteiger charge is 2.18. The number of rotatable bonds is 2. The highest BCUT2D eigenvalue weighted by molar-refractivity contribution is 7.71. The molecule has 0 bridgehead atoms. The zero-order chi connectivity index (χ0) is 13.2. The van der Waals surface area contributed by atoms with Crippen LogP contribution in [0.15, 0.2) is 24.3 Å². The van der Waals surface area contributed by atoms with E-state index in [9.17, 15) is 0 Å². The number of hydrogen-bond acceptors (Lipinski definition) is 3. The number of H-pyrrole nitrogens is 1. The van der Waals surface area contributed by atoms with E-state index < -0.39 is 0 Å². The number of nitrogens with one attached hydrogen (secondary N) is 1. The molecule has 1 aliphatic heterocycles. The van der Waals surface area contributed by atoms with E-state index >= 15 is 0 Å². The Morgan fingerprint density at radius 2 is 1.84 bits per heavy atom. The van der Waals surface area contributed by atoms with Crippen molar-refractivity contribution in [1.82, 2.24) is 14.8 Å². The van der Waals surface area contributed by atoms with Crippen LogP contribution in [0, 0.1) is 4.77 Å². The smallest absolute Gasteiger partial charge is 0.225 e. The van der Waals surface area contributed by atoms with E-state index in [2.05, 4.69) is 50.9 Å². The second kappa shape index (κ2) is 5.17. The molecule has 0 unspecified atom stereocenters. The van der Waals surface area contributed by atoms with Crippen molar-refractivity contribution in [1.29, 1.82) is 0 Å². The van der Waals surface area contributed by atoms with Gasteiger partial charge in [0.25, 0.3) is 0 Å². The van der Waals surface area contributed by atoms with Crippen LogP contribution in [0.1, 0.15) is 18.1 Å². The highest BCUT2D eigenvalue weighted by atomic mass is 32.1. The standard InChI is InChI=1S/C14H18N4S/c1-2-18-13(15-16-14(18)19)17-9-7-11-5-3-4-6-12(11)8-10-17/h3-6H,2,7-10H2,1H3,(H,16,19). The fourth-order valence-corrected chi connectivity index (χ4v) is 2.96. The molecular weight excluding hydrogens is 256 g/mol. The number of anilines is 1. The molecule has 0 saturated carbocycles. The molecule has 0 spiro atoms. The molecule has 0 radical (unpaired) electrons. The van der Waals surface area contributed by atoms with Gasteiger partial charge in [-0.2, -0.15) is 0 Å². The van der Waals surface area contributed by atoms with Crippen LogP contribution in [0.5, 0.6) is 0 Å². The third-order valence-electron chi connectivity index (χ3n) is 3.76. The minimum Gasteiger partial charge on any atom is -0.340 e. The number of hydrogen-bond donors (Lipinski definition) is 1. The first-order chi connectivity index (χ1) is 9.29. The van der Waals surface area contributed by atoms with E-state index in [0.717, 1.165) is 38.4 Å². The molecule has 2 aromatic rings. The van der Waals surface area contributed by atoms with E-state index in [-0.39, 0.29) is 0 Å². The number of aromatic amines is 1. The van der Waals surface area contributed by atoms with Crippen molar-refractivity contribution in [2.45, 2.75) is 26.3 Å². The molecular formula is C14H18N4S. The molecule has 3 rings (SSSR count). The Labute approximate surface area is 118 Å². The molecule has 0 saturated heterocycles. The van der Waals surface area contributed by atoms with Gasteiger partial charge in [-0.3, -0.25) is 4.57 Å². The molecule has 1 aliphatic rings. The van der Waals surface area contributed by atoms with Gasteiger partial charge in [-0.1, -0.05) is 24.3 Å². The molecule has 5 heteroatoms. The van der Waals surface area contributed by atoms with Crippen molar-refractivity contribution in [3.05, 3.63) is 40.2 Å². The summed E-state index contributed by atoms with van der Waals surface area (Å²) >= 11 is 5.26. The third-order valence-corrected chi connectivity index (χ3v) is 4.07. The lowest BCUT2D eigenvalue weighted by atomic mass is 10.0. The fraction of sp³-hybridized carbons (Fsp3) is 0.429. The van der Waals surface area contributed by atoms with Gasteiger partial charge in [0.05, 0.1) is 0 Å². The number of fused-ring (bicyclic) bond motifs is 1. The SMILES string of the molecule is CCn1c(N2CCc3ccccc3CC2)n[nH]c1=S. The summed E-state index contributed by atoms with van der Waals surface area (Å²) in [7, 11) is 0. The molecule has 0 atom stereocenters. The van der Waals surface area contributed by atoms with E-state index in [4.69, 9.17) is 12.2 Å². The minimum absolute atomic E-state index is 0.708. The average Bonchev–Trinajstić information content (AvgIpc) is 2.68. The van der Waals surface area contributed by atoms with Crippen LogP contribution in [0.25, 0.3) is 0 Å². The number of benzene rings is 1. The van der Waals surface area contributed by atoms with E-state index in [1.807, 2.05) is 0 Å². The van der Waals surface area contributed by atoms with E-state index in [1.165, 1.54) is 11.1 Å². The normalized spacial score (nSPS) is 15.1. The van der Waals surface area contributed by atoms with Gasteiger partial charge < -0.3 is 4.90 Å². The highest BCUT2D eigenvalue weighted by Crippen LogP contribution is 2.19. The Balaban J connectivity index is 1.87. The van der Waals surface area contributed by atoms with Crippen LogP contribution < -0.4 is 4.90 Å². The Morgan fingerprint density at radius 3 is 2.42 bits per heavy atom. The van der Waals surface area contributed by atoms with Gasteiger partial charge >= 0.3 is 0 Å². The van der Waals surface area contributed by atoms with Gasteiger partial charge in [-0.05, 0) is 43.1 Å². The maximum atomic E-state index is 5.26. The minimum atomic E-state index is 0.708. The quantitative estimate of drug-likeness (QED) is 0.855. The molecule has 19 heavy (non-hydrogen) atoms. The van der Waals surface area contributed by atoms with Gasteiger partial charge in [-0.15, -0.1) is 5.10 Å². The monoisotopic (exact) mass is 274 g/mol. The fourth-order valence-electron chi connectivity index (χ4n) is 2.70. The number of nitrogens with zero attached hydrogens (tertiary/aromatic N) is 3. The van der Waals surface area contributed by atoms with Crippen molar-refractivity contribution in [2.24, 2.45) is 0 Å².